The van der Waals surface area contributed by atoms with Crippen LogP contribution in [-0.2, 0) is 6.54 Å². The van der Waals surface area contributed by atoms with Crippen LogP contribution < -0.4 is 15.4 Å². The highest BCUT2D eigenvalue weighted by atomic mass is 32.1. The van der Waals surface area contributed by atoms with Crippen LogP contribution in [0.4, 0.5) is 5.69 Å². The van der Waals surface area contributed by atoms with E-state index in [4.69, 9.17) is 0 Å². The minimum absolute atomic E-state index is 0.114. The number of hydrogen-bond donors (Lipinski definition) is 2. The van der Waals surface area contributed by atoms with Crippen LogP contribution in [0.1, 0.15) is 10.7 Å². The summed E-state index contributed by atoms with van der Waals surface area (Å²) in [7, 11) is 0. The van der Waals surface area contributed by atoms with Crippen LogP contribution in [0.5, 0.6) is 5.75 Å². The number of aromatic hydroxyl groups is 1. The van der Waals surface area contributed by atoms with Crippen LogP contribution in [0.3, 0.4) is 0 Å². The van der Waals surface area contributed by atoms with Crippen molar-refractivity contribution in [1.29, 1.82) is 0 Å². The molecule has 1 aromatic carbocycles. The summed E-state index contributed by atoms with van der Waals surface area (Å²) in [5.74, 6) is 0.294. The molecule has 130 valence electrons. The first-order valence-corrected chi connectivity index (χ1v) is 9.14. The van der Waals surface area contributed by atoms with Crippen molar-refractivity contribution in [2.24, 2.45) is 0 Å². The Balaban J connectivity index is 1.42. The monoisotopic (exact) mass is 358 g/mol. The van der Waals surface area contributed by atoms with Crippen molar-refractivity contribution in [3.8, 4) is 5.75 Å². The quantitative estimate of drug-likeness (QED) is 0.693. The van der Waals surface area contributed by atoms with Crippen LogP contribution >= 0.6 is 11.3 Å². The fourth-order valence-electron chi connectivity index (χ4n) is 3.17. The molecule has 0 amide bonds. The molecule has 0 aliphatic carbocycles. The molecule has 0 atom stereocenters. The zero-order chi connectivity index (χ0) is 17.4. The highest BCUT2D eigenvalue weighted by molar-refractivity contribution is 7.16. The molecule has 2 N–H and O–H groups in total. The van der Waals surface area contributed by atoms with Crippen LogP contribution in [0.25, 0.3) is 4.96 Å². The maximum absolute atomic E-state index is 12.0. The molecular weight excluding hydrogens is 338 g/mol. The third kappa shape index (κ3) is 3.35. The van der Waals surface area contributed by atoms with Gasteiger partial charge in [-0.2, -0.15) is 9.61 Å². The van der Waals surface area contributed by atoms with E-state index in [9.17, 15) is 9.90 Å². The van der Waals surface area contributed by atoms with E-state index in [0.717, 1.165) is 49.1 Å². The molecule has 2 aromatic heterocycles. The molecule has 1 fully saturated rings. The molecule has 3 heterocycles. The first kappa shape index (κ1) is 16.0. The number of quaternary nitrogens is 1. The van der Waals surface area contributed by atoms with Crippen LogP contribution in [-0.4, -0.2) is 45.9 Å². The van der Waals surface area contributed by atoms with Crippen molar-refractivity contribution in [1.82, 2.24) is 14.6 Å². The van der Waals surface area contributed by atoms with Crippen molar-refractivity contribution in [3.05, 3.63) is 51.4 Å². The van der Waals surface area contributed by atoms with E-state index in [1.54, 1.807) is 12.1 Å². The molecule has 1 aliphatic heterocycles. The molecule has 3 aromatic rings. The molecule has 0 unspecified atom stereocenters. The average Bonchev–Trinajstić information content (AvgIpc) is 2.99. The van der Waals surface area contributed by atoms with Gasteiger partial charge < -0.3 is 14.9 Å². The van der Waals surface area contributed by atoms with Gasteiger partial charge in [0.2, 0.25) is 4.96 Å². The van der Waals surface area contributed by atoms with E-state index < -0.39 is 0 Å². The third-order valence-electron chi connectivity index (χ3n) is 4.50. The fraction of sp³-hybridized carbons (Fsp3) is 0.353. The summed E-state index contributed by atoms with van der Waals surface area (Å²) in [5, 5.41) is 14.8. The molecular formula is C17H20N5O2S+. The Morgan fingerprint density at radius 3 is 2.68 bits per heavy atom. The van der Waals surface area contributed by atoms with Gasteiger partial charge in [-0.15, -0.1) is 0 Å². The zero-order valence-electron chi connectivity index (χ0n) is 14.0. The van der Waals surface area contributed by atoms with Gasteiger partial charge in [-0.1, -0.05) is 11.3 Å². The van der Waals surface area contributed by atoms with Gasteiger partial charge in [0.15, 0.2) is 5.01 Å². The van der Waals surface area contributed by atoms with Crippen LogP contribution in [0.2, 0.25) is 0 Å². The summed E-state index contributed by atoms with van der Waals surface area (Å²) >= 11 is 1.50. The summed E-state index contributed by atoms with van der Waals surface area (Å²) in [5.41, 5.74) is 1.76. The van der Waals surface area contributed by atoms with Gasteiger partial charge in [0, 0.05) is 17.4 Å². The van der Waals surface area contributed by atoms with Gasteiger partial charge in [0.05, 0.1) is 26.2 Å². The Morgan fingerprint density at radius 2 is 1.96 bits per heavy atom. The number of hydrogen-bond acceptors (Lipinski definition) is 6. The van der Waals surface area contributed by atoms with Crippen molar-refractivity contribution in [2.75, 3.05) is 31.1 Å². The first-order valence-electron chi connectivity index (χ1n) is 8.32. The molecule has 0 saturated carbocycles. The number of anilines is 1. The van der Waals surface area contributed by atoms with Gasteiger partial charge in [-0.3, -0.25) is 4.79 Å². The number of piperazine rings is 1. The van der Waals surface area contributed by atoms with Gasteiger partial charge >= 0.3 is 0 Å². The van der Waals surface area contributed by atoms with Gasteiger partial charge in [-0.05, 0) is 31.2 Å². The minimum Gasteiger partial charge on any atom is -0.508 e. The number of fused-ring (bicyclic) bond motifs is 1. The van der Waals surface area contributed by atoms with Gasteiger partial charge in [0.1, 0.15) is 12.3 Å². The van der Waals surface area contributed by atoms with E-state index in [-0.39, 0.29) is 5.56 Å². The topological polar surface area (TPSA) is 75.2 Å². The predicted molar refractivity (Wildman–Crippen MR) is 96.6 cm³/mol. The number of nitrogens with one attached hydrogen (secondary N) is 1. The molecule has 1 aliphatic rings. The van der Waals surface area contributed by atoms with Gasteiger partial charge in [-0.25, -0.2) is 4.98 Å². The molecule has 0 radical (unpaired) electrons. The molecule has 7 nitrogen and oxygen atoms in total. The second-order valence-electron chi connectivity index (χ2n) is 6.36. The highest BCUT2D eigenvalue weighted by Gasteiger charge is 2.22. The Bertz CT molecular complexity index is 942. The largest absolute Gasteiger partial charge is 0.508 e. The van der Waals surface area contributed by atoms with Crippen molar-refractivity contribution in [3.63, 3.8) is 0 Å². The minimum atomic E-state index is -0.114. The molecule has 8 heteroatoms. The van der Waals surface area contributed by atoms with E-state index in [1.165, 1.54) is 26.8 Å². The molecule has 25 heavy (non-hydrogen) atoms. The van der Waals surface area contributed by atoms with Crippen LogP contribution in [0.15, 0.2) is 35.1 Å². The predicted octanol–water partition coefficient (Wildman–Crippen LogP) is 0.0701. The summed E-state index contributed by atoms with van der Waals surface area (Å²) in [6.45, 7) is 6.59. The maximum Gasteiger partial charge on any atom is 0.275 e. The van der Waals surface area contributed by atoms with Crippen molar-refractivity contribution < 1.29 is 10.0 Å². The second-order valence-corrected chi connectivity index (χ2v) is 7.40. The summed E-state index contributed by atoms with van der Waals surface area (Å²) in [6, 6.07) is 8.87. The lowest BCUT2D eigenvalue weighted by molar-refractivity contribution is -0.914. The lowest BCUT2D eigenvalue weighted by atomic mass is 10.2. The number of nitrogens with zero attached hydrogens (tertiary/aromatic N) is 4. The zero-order valence-corrected chi connectivity index (χ0v) is 14.8. The first-order chi connectivity index (χ1) is 12.1. The van der Waals surface area contributed by atoms with E-state index in [2.05, 4.69) is 15.0 Å². The molecule has 4 rings (SSSR count). The van der Waals surface area contributed by atoms with Gasteiger partial charge in [0.25, 0.3) is 5.56 Å². The number of aryl methyl sites for hydroxylation is 1. The number of phenolic OH excluding ortho intramolecular Hbond substituents is 1. The summed E-state index contributed by atoms with van der Waals surface area (Å²) in [6.07, 6.45) is 0. The Hall–Kier alpha value is -2.45. The third-order valence-corrected chi connectivity index (χ3v) is 5.41. The molecule has 1 saturated heterocycles. The average molecular weight is 358 g/mol. The maximum atomic E-state index is 12.0. The standard InChI is InChI=1S/C17H19N5O2S/c1-12-10-16(24)22-17(18-12)25-15(19-22)11-20-6-8-21(9-7-20)13-2-4-14(23)5-3-13/h2-5,10,23H,6-9,11H2,1H3/p+1. The summed E-state index contributed by atoms with van der Waals surface area (Å²) in [4.78, 5) is 20.8. The number of aromatic nitrogens is 3. The SMILES string of the molecule is Cc1cc(=O)n2nc(C[NH+]3CCN(c4ccc(O)cc4)CC3)sc2n1. The Labute approximate surface area is 148 Å². The van der Waals surface area contributed by atoms with E-state index in [1.807, 2.05) is 19.1 Å². The Morgan fingerprint density at radius 1 is 1.24 bits per heavy atom. The number of rotatable bonds is 3. The normalized spacial score (nSPS) is 15.8. The van der Waals surface area contributed by atoms with E-state index >= 15 is 0 Å². The smallest absolute Gasteiger partial charge is 0.275 e. The number of phenols is 1. The highest BCUT2D eigenvalue weighted by Crippen LogP contribution is 2.18. The van der Waals surface area contributed by atoms with Crippen molar-refractivity contribution >= 4 is 22.0 Å². The molecule has 0 bridgehead atoms. The lowest BCUT2D eigenvalue weighted by Gasteiger charge is -2.33. The number of benzene rings is 1. The summed E-state index contributed by atoms with van der Waals surface area (Å²) < 4.78 is 1.40. The second kappa shape index (κ2) is 6.45. The van der Waals surface area contributed by atoms with E-state index in [0.29, 0.717) is 10.7 Å². The Kier molecular flexibility index (Phi) is 4.14. The fourth-order valence-corrected chi connectivity index (χ4v) is 4.18. The van der Waals surface area contributed by atoms with Crippen LogP contribution in [0, 0.1) is 6.92 Å². The lowest BCUT2D eigenvalue weighted by Crippen LogP contribution is -3.13. The van der Waals surface area contributed by atoms with Crippen molar-refractivity contribution in [2.45, 2.75) is 13.5 Å². The molecule has 0 spiro atoms.